The SMILES string of the molecule is CCC(C)(C)c1ccc(ON(C(C)=O)c2ccc(C)cc2O)c(C(C)(C)CC)c1. The number of carbonyl (C=O) groups is 1. The first-order valence-corrected chi connectivity index (χ1v) is 10.4. The molecule has 0 unspecified atom stereocenters. The van der Waals surface area contributed by atoms with Crippen molar-refractivity contribution in [1.29, 1.82) is 0 Å². The lowest BCUT2D eigenvalue weighted by atomic mass is 9.76. The van der Waals surface area contributed by atoms with Gasteiger partial charge in [-0.2, -0.15) is 0 Å². The molecule has 158 valence electrons. The topological polar surface area (TPSA) is 49.8 Å². The molecule has 4 heteroatoms. The van der Waals surface area contributed by atoms with Crippen molar-refractivity contribution in [2.24, 2.45) is 0 Å². The molecule has 0 saturated heterocycles. The van der Waals surface area contributed by atoms with Gasteiger partial charge in [-0.15, -0.1) is 5.06 Å². The molecule has 29 heavy (non-hydrogen) atoms. The van der Waals surface area contributed by atoms with Crippen LogP contribution in [-0.2, 0) is 15.6 Å². The highest BCUT2D eigenvalue weighted by atomic mass is 16.7. The van der Waals surface area contributed by atoms with Crippen LogP contribution in [0.5, 0.6) is 11.5 Å². The van der Waals surface area contributed by atoms with Crippen LogP contribution in [0.25, 0.3) is 0 Å². The van der Waals surface area contributed by atoms with Crippen molar-refractivity contribution in [3.8, 4) is 11.5 Å². The van der Waals surface area contributed by atoms with Crippen LogP contribution < -0.4 is 9.90 Å². The van der Waals surface area contributed by atoms with Crippen LogP contribution in [0.15, 0.2) is 36.4 Å². The molecule has 0 aliphatic carbocycles. The van der Waals surface area contributed by atoms with E-state index in [1.165, 1.54) is 17.6 Å². The van der Waals surface area contributed by atoms with Crippen LogP contribution in [0.4, 0.5) is 5.69 Å². The Balaban J connectivity index is 2.58. The second kappa shape index (κ2) is 8.48. The fraction of sp³-hybridized carbons (Fsp3) is 0.480. The Hall–Kier alpha value is -2.49. The van der Waals surface area contributed by atoms with Gasteiger partial charge in [0, 0.05) is 12.5 Å². The van der Waals surface area contributed by atoms with Crippen molar-refractivity contribution < 1.29 is 14.7 Å². The van der Waals surface area contributed by atoms with E-state index >= 15 is 0 Å². The molecule has 0 fully saturated rings. The summed E-state index contributed by atoms with van der Waals surface area (Å²) in [6.45, 7) is 16.5. The summed E-state index contributed by atoms with van der Waals surface area (Å²) in [6.07, 6.45) is 1.95. The minimum Gasteiger partial charge on any atom is -0.506 e. The van der Waals surface area contributed by atoms with Crippen LogP contribution in [-0.4, -0.2) is 11.0 Å². The maximum absolute atomic E-state index is 12.4. The number of nitrogens with zero attached hydrogens (tertiary/aromatic N) is 1. The van der Waals surface area contributed by atoms with Crippen LogP contribution in [0.3, 0.4) is 0 Å². The van der Waals surface area contributed by atoms with Gasteiger partial charge in [-0.3, -0.25) is 4.79 Å². The van der Waals surface area contributed by atoms with E-state index in [4.69, 9.17) is 4.84 Å². The van der Waals surface area contributed by atoms with Crippen molar-refractivity contribution in [2.45, 2.75) is 79.1 Å². The summed E-state index contributed by atoms with van der Waals surface area (Å²) in [4.78, 5) is 18.5. The summed E-state index contributed by atoms with van der Waals surface area (Å²) in [6, 6.07) is 11.4. The Morgan fingerprint density at radius 1 is 1.00 bits per heavy atom. The quantitative estimate of drug-likeness (QED) is 0.548. The van der Waals surface area contributed by atoms with Crippen LogP contribution in [0.2, 0.25) is 0 Å². The predicted molar refractivity (Wildman–Crippen MR) is 120 cm³/mol. The van der Waals surface area contributed by atoms with Gasteiger partial charge < -0.3 is 9.94 Å². The molecule has 2 aromatic carbocycles. The number of hydrogen-bond donors (Lipinski definition) is 1. The van der Waals surface area contributed by atoms with Crippen LogP contribution in [0, 0.1) is 6.92 Å². The molecule has 2 aromatic rings. The molecule has 0 radical (unpaired) electrons. The third kappa shape index (κ3) is 4.92. The van der Waals surface area contributed by atoms with Crippen LogP contribution in [0.1, 0.15) is 78.0 Å². The van der Waals surface area contributed by atoms with E-state index in [1.807, 2.05) is 19.1 Å². The third-order valence-corrected chi connectivity index (χ3v) is 6.08. The van der Waals surface area contributed by atoms with Gasteiger partial charge in [0.2, 0.25) is 0 Å². The lowest BCUT2D eigenvalue weighted by Crippen LogP contribution is -2.33. The van der Waals surface area contributed by atoms with E-state index in [0.29, 0.717) is 11.4 Å². The van der Waals surface area contributed by atoms with E-state index in [-0.39, 0.29) is 22.5 Å². The van der Waals surface area contributed by atoms with E-state index < -0.39 is 0 Å². The summed E-state index contributed by atoms with van der Waals surface area (Å²) in [5, 5.41) is 11.5. The summed E-state index contributed by atoms with van der Waals surface area (Å²) < 4.78 is 0. The highest BCUT2D eigenvalue weighted by molar-refractivity contribution is 5.91. The average molecular weight is 398 g/mol. The standard InChI is InChI=1S/C25H35NO3/c1-9-24(5,6)19-12-14-23(20(16-19)25(7,8)10-2)29-26(18(4)27)21-13-11-17(3)15-22(21)28/h11-16,28H,9-10H2,1-8H3. The largest absolute Gasteiger partial charge is 0.506 e. The van der Waals surface area contributed by atoms with Crippen molar-refractivity contribution >= 4 is 11.6 Å². The Kier molecular flexibility index (Phi) is 6.67. The number of carbonyl (C=O) groups excluding carboxylic acids is 1. The highest BCUT2D eigenvalue weighted by Gasteiger charge is 2.29. The Bertz CT molecular complexity index is 884. The molecule has 0 aromatic heterocycles. The highest BCUT2D eigenvalue weighted by Crippen LogP contribution is 2.39. The molecule has 2 rings (SSSR count). The minimum absolute atomic E-state index is 0.0141. The number of hydrogen-bond acceptors (Lipinski definition) is 3. The molecular weight excluding hydrogens is 362 g/mol. The summed E-state index contributed by atoms with van der Waals surface area (Å²) in [5.41, 5.74) is 3.46. The molecule has 0 saturated carbocycles. The van der Waals surface area contributed by atoms with Gasteiger partial charge in [0.1, 0.15) is 11.4 Å². The first-order valence-electron chi connectivity index (χ1n) is 10.4. The molecule has 0 aliphatic rings. The molecule has 0 aliphatic heterocycles. The van der Waals surface area contributed by atoms with Gasteiger partial charge >= 0.3 is 0 Å². The molecular formula is C25H35NO3. The van der Waals surface area contributed by atoms with Gasteiger partial charge in [-0.1, -0.05) is 59.7 Å². The zero-order valence-corrected chi connectivity index (χ0v) is 19.1. The second-order valence-electron chi connectivity index (χ2n) is 9.08. The second-order valence-corrected chi connectivity index (χ2v) is 9.08. The number of benzene rings is 2. The summed E-state index contributed by atoms with van der Waals surface area (Å²) in [7, 11) is 0. The number of anilines is 1. The molecule has 1 N–H and O–H groups in total. The Labute approximate surface area is 175 Å². The zero-order valence-electron chi connectivity index (χ0n) is 19.1. The molecule has 0 heterocycles. The number of amides is 1. The van der Waals surface area contributed by atoms with Gasteiger partial charge in [0.25, 0.3) is 5.91 Å². The van der Waals surface area contributed by atoms with Gasteiger partial charge in [-0.25, -0.2) is 0 Å². The van der Waals surface area contributed by atoms with E-state index in [9.17, 15) is 9.90 Å². The van der Waals surface area contributed by atoms with Gasteiger partial charge in [0.05, 0.1) is 0 Å². The first-order chi connectivity index (χ1) is 13.4. The number of aromatic hydroxyl groups is 1. The zero-order chi connectivity index (χ0) is 22.0. The lowest BCUT2D eigenvalue weighted by Gasteiger charge is -2.32. The van der Waals surface area contributed by atoms with Crippen molar-refractivity contribution in [1.82, 2.24) is 0 Å². The monoisotopic (exact) mass is 397 g/mol. The van der Waals surface area contributed by atoms with Crippen molar-refractivity contribution in [3.05, 3.63) is 53.1 Å². The average Bonchev–Trinajstić information content (AvgIpc) is 2.66. The molecule has 4 nitrogen and oxygen atoms in total. The van der Waals surface area contributed by atoms with E-state index in [2.05, 4.69) is 53.7 Å². The molecule has 0 bridgehead atoms. The van der Waals surface area contributed by atoms with Gasteiger partial charge in [0.15, 0.2) is 5.75 Å². The summed E-state index contributed by atoms with van der Waals surface area (Å²) in [5.74, 6) is 0.338. The summed E-state index contributed by atoms with van der Waals surface area (Å²) >= 11 is 0. The molecule has 1 amide bonds. The fourth-order valence-electron chi connectivity index (χ4n) is 3.14. The fourth-order valence-corrected chi connectivity index (χ4v) is 3.14. The van der Waals surface area contributed by atoms with Crippen molar-refractivity contribution in [2.75, 3.05) is 5.06 Å². The Morgan fingerprint density at radius 3 is 2.14 bits per heavy atom. The lowest BCUT2D eigenvalue weighted by molar-refractivity contribution is -0.120. The van der Waals surface area contributed by atoms with Gasteiger partial charge in [-0.05, 0) is 59.9 Å². The Morgan fingerprint density at radius 2 is 1.62 bits per heavy atom. The predicted octanol–water partition coefficient (Wildman–Crippen LogP) is 6.42. The normalized spacial score (nSPS) is 12.0. The minimum atomic E-state index is -0.303. The number of phenols is 1. The number of hydroxylamine groups is 1. The number of rotatable bonds is 7. The van der Waals surface area contributed by atoms with Crippen LogP contribution >= 0.6 is 0 Å². The molecule has 0 atom stereocenters. The van der Waals surface area contributed by atoms with E-state index in [1.54, 1.807) is 12.1 Å². The number of aryl methyl sites for hydroxylation is 1. The maximum Gasteiger partial charge on any atom is 0.257 e. The maximum atomic E-state index is 12.4. The molecule has 0 spiro atoms. The van der Waals surface area contributed by atoms with E-state index in [0.717, 1.165) is 24.0 Å². The van der Waals surface area contributed by atoms with Crippen molar-refractivity contribution in [3.63, 3.8) is 0 Å². The number of phenolic OH excluding ortho intramolecular Hbond substituents is 1. The smallest absolute Gasteiger partial charge is 0.257 e. The first kappa shape index (κ1) is 22.8. The third-order valence-electron chi connectivity index (χ3n) is 6.08.